The SMILES string of the molecule is NC(=O)CC[C@H](Nc1ccc(S(=O)(=O)O)c(Br)c1)C(=O)O. The summed E-state index contributed by atoms with van der Waals surface area (Å²) >= 11 is 2.97. The van der Waals surface area contributed by atoms with E-state index in [-0.39, 0.29) is 22.2 Å². The first-order valence-electron chi connectivity index (χ1n) is 5.66. The summed E-state index contributed by atoms with van der Waals surface area (Å²) in [7, 11) is -4.37. The highest BCUT2D eigenvalue weighted by Crippen LogP contribution is 2.26. The van der Waals surface area contributed by atoms with Crippen LogP contribution in [-0.4, -0.2) is 36.0 Å². The molecule has 0 heterocycles. The number of hydrogen-bond acceptors (Lipinski definition) is 5. The number of amides is 1. The number of carbonyl (C=O) groups is 2. The third-order valence-corrected chi connectivity index (χ3v) is 4.36. The summed E-state index contributed by atoms with van der Waals surface area (Å²) in [6.07, 6.45) is -0.115. The molecule has 0 aliphatic carbocycles. The van der Waals surface area contributed by atoms with Gasteiger partial charge in [0.05, 0.1) is 0 Å². The molecular formula is C11H13BrN2O6S. The van der Waals surface area contributed by atoms with Crippen molar-refractivity contribution >= 4 is 43.6 Å². The van der Waals surface area contributed by atoms with E-state index >= 15 is 0 Å². The molecule has 1 atom stereocenters. The number of halogens is 1. The molecule has 0 aliphatic rings. The van der Waals surface area contributed by atoms with Gasteiger partial charge in [-0.15, -0.1) is 0 Å². The third-order valence-electron chi connectivity index (χ3n) is 2.53. The number of aliphatic carboxylic acids is 1. The van der Waals surface area contributed by atoms with Crippen LogP contribution in [0.5, 0.6) is 0 Å². The van der Waals surface area contributed by atoms with E-state index in [1.165, 1.54) is 12.1 Å². The average molecular weight is 381 g/mol. The number of anilines is 1. The molecule has 0 fully saturated rings. The van der Waals surface area contributed by atoms with Gasteiger partial charge in [0.15, 0.2) is 0 Å². The van der Waals surface area contributed by atoms with Crippen molar-refractivity contribution in [2.45, 2.75) is 23.8 Å². The second-order valence-corrected chi connectivity index (χ2v) is 6.40. The molecule has 116 valence electrons. The van der Waals surface area contributed by atoms with Crippen molar-refractivity contribution in [3.8, 4) is 0 Å². The van der Waals surface area contributed by atoms with Crippen molar-refractivity contribution in [3.05, 3.63) is 22.7 Å². The molecule has 8 nitrogen and oxygen atoms in total. The fourth-order valence-electron chi connectivity index (χ4n) is 1.54. The van der Waals surface area contributed by atoms with Crippen molar-refractivity contribution < 1.29 is 27.7 Å². The Morgan fingerprint density at radius 2 is 2.00 bits per heavy atom. The summed E-state index contributed by atoms with van der Waals surface area (Å²) in [4.78, 5) is 21.4. The molecule has 5 N–H and O–H groups in total. The average Bonchev–Trinajstić information content (AvgIpc) is 2.32. The number of primary amides is 1. The lowest BCUT2D eigenvalue weighted by molar-refractivity contribution is -0.138. The van der Waals surface area contributed by atoms with Crippen molar-refractivity contribution in [1.82, 2.24) is 0 Å². The molecule has 1 aromatic carbocycles. The fourth-order valence-corrected chi connectivity index (χ4v) is 3.08. The number of benzene rings is 1. The van der Waals surface area contributed by atoms with Crippen LogP contribution < -0.4 is 11.1 Å². The Morgan fingerprint density at radius 3 is 2.43 bits per heavy atom. The van der Waals surface area contributed by atoms with E-state index in [2.05, 4.69) is 21.2 Å². The van der Waals surface area contributed by atoms with E-state index in [0.29, 0.717) is 5.69 Å². The van der Waals surface area contributed by atoms with Gasteiger partial charge in [-0.2, -0.15) is 8.42 Å². The van der Waals surface area contributed by atoms with Crippen LogP contribution in [0.1, 0.15) is 12.8 Å². The van der Waals surface area contributed by atoms with Gasteiger partial charge in [0.25, 0.3) is 10.1 Å². The van der Waals surface area contributed by atoms with Crippen LogP contribution in [0.2, 0.25) is 0 Å². The Balaban J connectivity index is 2.93. The van der Waals surface area contributed by atoms with Gasteiger partial charge in [-0.3, -0.25) is 9.35 Å². The maximum absolute atomic E-state index is 11.1. The Morgan fingerprint density at radius 1 is 1.38 bits per heavy atom. The molecule has 0 saturated carbocycles. The maximum Gasteiger partial charge on any atom is 0.326 e. The molecule has 1 rings (SSSR count). The summed E-state index contributed by atoms with van der Waals surface area (Å²) in [6, 6.07) is 2.67. The summed E-state index contributed by atoms with van der Waals surface area (Å²) in [5.74, 6) is -1.79. The zero-order valence-electron chi connectivity index (χ0n) is 10.6. The number of carboxylic acid groups (broad SMARTS) is 1. The first-order valence-corrected chi connectivity index (χ1v) is 7.89. The van der Waals surface area contributed by atoms with Crippen LogP contribution in [0.3, 0.4) is 0 Å². The minimum Gasteiger partial charge on any atom is -0.480 e. The van der Waals surface area contributed by atoms with Crippen LogP contribution in [0.25, 0.3) is 0 Å². The van der Waals surface area contributed by atoms with Crippen molar-refractivity contribution in [3.63, 3.8) is 0 Å². The minimum absolute atomic E-state index is 0.0116. The van der Waals surface area contributed by atoms with Crippen molar-refractivity contribution in [2.24, 2.45) is 5.73 Å². The molecule has 0 unspecified atom stereocenters. The van der Waals surface area contributed by atoms with E-state index in [1.54, 1.807) is 0 Å². The van der Waals surface area contributed by atoms with Crippen LogP contribution in [0.15, 0.2) is 27.6 Å². The van der Waals surface area contributed by atoms with Crippen molar-refractivity contribution in [1.29, 1.82) is 0 Å². The summed E-state index contributed by atoms with van der Waals surface area (Å²) in [6.45, 7) is 0. The number of nitrogens with two attached hydrogens (primary N) is 1. The van der Waals surface area contributed by atoms with Gasteiger partial charge in [0.2, 0.25) is 5.91 Å². The lowest BCUT2D eigenvalue weighted by Crippen LogP contribution is -2.30. The normalized spacial score (nSPS) is 12.7. The first-order chi connectivity index (χ1) is 9.61. The van der Waals surface area contributed by atoms with Gasteiger partial charge in [-0.05, 0) is 40.5 Å². The Kier molecular flexibility index (Phi) is 5.70. The molecule has 0 saturated heterocycles. The van der Waals surface area contributed by atoms with Crippen LogP contribution in [0.4, 0.5) is 5.69 Å². The fraction of sp³-hybridized carbons (Fsp3) is 0.273. The molecule has 0 aliphatic heterocycles. The second kappa shape index (κ2) is 6.87. The molecule has 0 aromatic heterocycles. The zero-order chi connectivity index (χ0) is 16.2. The van der Waals surface area contributed by atoms with E-state index in [1.807, 2.05) is 0 Å². The molecule has 1 aromatic rings. The summed E-state index contributed by atoms with van der Waals surface area (Å²) < 4.78 is 31.1. The Bertz CT molecular complexity index is 661. The molecule has 0 bridgehead atoms. The Hall–Kier alpha value is -1.65. The van der Waals surface area contributed by atoms with Gasteiger partial charge in [0.1, 0.15) is 10.9 Å². The zero-order valence-corrected chi connectivity index (χ0v) is 13.0. The van der Waals surface area contributed by atoms with Crippen LogP contribution in [0, 0.1) is 0 Å². The quantitative estimate of drug-likeness (QED) is 0.512. The van der Waals surface area contributed by atoms with Gasteiger partial charge in [-0.25, -0.2) is 4.79 Å². The Labute approximate surface area is 129 Å². The van der Waals surface area contributed by atoms with Gasteiger partial charge in [0, 0.05) is 16.6 Å². The highest BCUT2D eigenvalue weighted by Gasteiger charge is 2.19. The number of rotatable bonds is 7. The first kappa shape index (κ1) is 17.4. The number of hydrogen-bond donors (Lipinski definition) is 4. The van der Waals surface area contributed by atoms with Gasteiger partial charge < -0.3 is 16.2 Å². The van der Waals surface area contributed by atoms with Crippen LogP contribution >= 0.6 is 15.9 Å². The number of carbonyl (C=O) groups excluding carboxylic acids is 1. The monoisotopic (exact) mass is 380 g/mol. The third kappa shape index (κ3) is 5.33. The van der Waals surface area contributed by atoms with E-state index in [0.717, 1.165) is 6.07 Å². The largest absolute Gasteiger partial charge is 0.480 e. The number of carboxylic acids is 1. The van der Waals surface area contributed by atoms with E-state index in [4.69, 9.17) is 15.4 Å². The lowest BCUT2D eigenvalue weighted by atomic mass is 10.1. The van der Waals surface area contributed by atoms with Gasteiger partial charge in [-0.1, -0.05) is 0 Å². The summed E-state index contributed by atoms with van der Waals surface area (Å²) in [5, 5.41) is 11.7. The molecule has 21 heavy (non-hydrogen) atoms. The predicted molar refractivity (Wildman–Crippen MR) is 77.4 cm³/mol. The molecule has 10 heteroatoms. The summed E-state index contributed by atoms with van der Waals surface area (Å²) in [5.41, 5.74) is 5.28. The van der Waals surface area contributed by atoms with E-state index in [9.17, 15) is 18.0 Å². The standard InChI is InChI=1S/C11H13BrN2O6S/c12-7-5-6(1-3-9(7)21(18,19)20)14-8(11(16)17)2-4-10(13)15/h1,3,5,8,14H,2,4H2,(H2,13,15)(H,16,17)(H,18,19,20)/t8-/m0/s1. The van der Waals surface area contributed by atoms with Crippen molar-refractivity contribution in [2.75, 3.05) is 5.32 Å². The van der Waals surface area contributed by atoms with Gasteiger partial charge >= 0.3 is 5.97 Å². The highest BCUT2D eigenvalue weighted by molar-refractivity contribution is 9.10. The van der Waals surface area contributed by atoms with Crippen LogP contribution in [-0.2, 0) is 19.7 Å². The lowest BCUT2D eigenvalue weighted by Gasteiger charge is -2.15. The smallest absolute Gasteiger partial charge is 0.326 e. The molecule has 0 spiro atoms. The molecular weight excluding hydrogens is 368 g/mol. The van der Waals surface area contributed by atoms with E-state index < -0.39 is 28.0 Å². The number of nitrogens with one attached hydrogen (secondary N) is 1. The minimum atomic E-state index is -4.37. The predicted octanol–water partition coefficient (Wildman–Crippen LogP) is 0.826. The topological polar surface area (TPSA) is 147 Å². The highest BCUT2D eigenvalue weighted by atomic mass is 79.9. The second-order valence-electron chi connectivity index (χ2n) is 4.16. The molecule has 1 amide bonds. The maximum atomic E-state index is 11.1. The molecule has 0 radical (unpaired) electrons.